The van der Waals surface area contributed by atoms with E-state index in [0.717, 1.165) is 41.4 Å². The van der Waals surface area contributed by atoms with Crippen LogP contribution in [0.4, 0.5) is 5.69 Å². The summed E-state index contributed by atoms with van der Waals surface area (Å²) in [4.78, 5) is 0. The van der Waals surface area contributed by atoms with Crippen LogP contribution in [0.1, 0.15) is 11.1 Å². The number of nitrogens with one attached hydrogen (secondary N) is 1. The summed E-state index contributed by atoms with van der Waals surface area (Å²) in [5.41, 5.74) is 8.96. The van der Waals surface area contributed by atoms with Crippen LogP contribution in [0.25, 0.3) is 0 Å². The Balaban J connectivity index is 1.96. The summed E-state index contributed by atoms with van der Waals surface area (Å²) in [7, 11) is 3.27. The number of anilines is 1. The van der Waals surface area contributed by atoms with E-state index in [9.17, 15) is 0 Å². The Kier molecular flexibility index (Phi) is 4.85. The van der Waals surface area contributed by atoms with Gasteiger partial charge >= 0.3 is 0 Å². The molecule has 3 N–H and O–H groups in total. The van der Waals surface area contributed by atoms with E-state index >= 15 is 0 Å². The highest BCUT2D eigenvalue weighted by molar-refractivity contribution is 5.46. The van der Waals surface area contributed by atoms with Gasteiger partial charge in [-0.3, -0.25) is 0 Å². The topological polar surface area (TPSA) is 56.5 Å². The zero-order valence-electron chi connectivity index (χ0n) is 11.8. The van der Waals surface area contributed by atoms with Crippen molar-refractivity contribution >= 4 is 5.69 Å². The van der Waals surface area contributed by atoms with Crippen LogP contribution in [0.15, 0.2) is 42.5 Å². The summed E-state index contributed by atoms with van der Waals surface area (Å²) >= 11 is 0. The second-order valence-corrected chi connectivity index (χ2v) is 4.49. The number of nitrogens with two attached hydrogens (primary N) is 1. The number of ether oxygens (including phenoxy) is 2. The first-order valence-electron chi connectivity index (χ1n) is 6.49. The lowest BCUT2D eigenvalue weighted by Gasteiger charge is -2.11. The maximum absolute atomic E-state index is 5.91. The summed E-state index contributed by atoms with van der Waals surface area (Å²) < 4.78 is 10.5. The van der Waals surface area contributed by atoms with Gasteiger partial charge in [0.15, 0.2) is 11.5 Å². The van der Waals surface area contributed by atoms with E-state index in [1.165, 1.54) is 0 Å². The Hall–Kier alpha value is -2.20. The number of nitrogen functional groups attached to an aromatic ring is 1. The largest absolute Gasteiger partial charge is 0.493 e. The lowest BCUT2D eigenvalue weighted by Crippen LogP contribution is -2.13. The fourth-order valence-corrected chi connectivity index (χ4v) is 2.03. The van der Waals surface area contributed by atoms with Crippen LogP contribution in [0, 0.1) is 0 Å². The molecule has 2 aromatic rings. The number of hydrogen-bond donors (Lipinski definition) is 2. The smallest absolute Gasteiger partial charge is 0.161 e. The van der Waals surface area contributed by atoms with Gasteiger partial charge in [-0.2, -0.15) is 0 Å². The van der Waals surface area contributed by atoms with Crippen molar-refractivity contribution in [2.75, 3.05) is 20.0 Å². The van der Waals surface area contributed by atoms with Gasteiger partial charge in [-0.15, -0.1) is 0 Å². The molecule has 0 atom stereocenters. The summed E-state index contributed by atoms with van der Waals surface area (Å²) in [6.07, 6.45) is 0. The Labute approximate surface area is 119 Å². The van der Waals surface area contributed by atoms with Crippen LogP contribution in [-0.4, -0.2) is 14.2 Å². The van der Waals surface area contributed by atoms with Crippen molar-refractivity contribution in [2.45, 2.75) is 13.1 Å². The Morgan fingerprint density at radius 2 is 1.70 bits per heavy atom. The van der Waals surface area contributed by atoms with Gasteiger partial charge in [0.25, 0.3) is 0 Å². The number of para-hydroxylation sites is 1. The molecular formula is C16H20N2O2. The monoisotopic (exact) mass is 272 g/mol. The number of rotatable bonds is 6. The van der Waals surface area contributed by atoms with Crippen LogP contribution in [0.3, 0.4) is 0 Å². The molecule has 0 aliphatic heterocycles. The molecule has 4 heteroatoms. The fourth-order valence-electron chi connectivity index (χ4n) is 2.03. The molecule has 0 fully saturated rings. The average molecular weight is 272 g/mol. The first-order chi connectivity index (χ1) is 9.74. The highest BCUT2D eigenvalue weighted by Crippen LogP contribution is 2.27. The predicted molar refractivity (Wildman–Crippen MR) is 80.9 cm³/mol. The molecule has 0 spiro atoms. The number of hydrogen-bond acceptors (Lipinski definition) is 4. The standard InChI is InChI=1S/C16H20N2O2/c1-19-15-8-7-12(9-16(15)20-2)10-18-11-13-5-3-4-6-14(13)17/h3-9,18H,10-11,17H2,1-2H3. The highest BCUT2D eigenvalue weighted by atomic mass is 16.5. The van der Waals surface area contributed by atoms with Gasteiger partial charge in [-0.05, 0) is 29.3 Å². The maximum atomic E-state index is 5.91. The molecule has 0 unspecified atom stereocenters. The average Bonchev–Trinajstić information content (AvgIpc) is 2.49. The van der Waals surface area contributed by atoms with Gasteiger partial charge < -0.3 is 20.5 Å². The summed E-state index contributed by atoms with van der Waals surface area (Å²) in [5, 5.41) is 3.37. The summed E-state index contributed by atoms with van der Waals surface area (Å²) in [5.74, 6) is 1.48. The molecule has 0 aliphatic carbocycles. The molecule has 0 bridgehead atoms. The Morgan fingerprint density at radius 3 is 2.40 bits per heavy atom. The van der Waals surface area contributed by atoms with Gasteiger partial charge in [0, 0.05) is 18.8 Å². The Bertz CT molecular complexity index is 570. The highest BCUT2D eigenvalue weighted by Gasteiger charge is 2.04. The van der Waals surface area contributed by atoms with E-state index in [1.54, 1.807) is 14.2 Å². The van der Waals surface area contributed by atoms with Gasteiger partial charge in [-0.25, -0.2) is 0 Å². The third kappa shape index (κ3) is 3.42. The van der Waals surface area contributed by atoms with Crippen molar-refractivity contribution in [2.24, 2.45) is 0 Å². The SMILES string of the molecule is COc1ccc(CNCc2ccccc2N)cc1OC. The first-order valence-corrected chi connectivity index (χ1v) is 6.49. The maximum Gasteiger partial charge on any atom is 0.161 e. The molecule has 0 radical (unpaired) electrons. The molecule has 0 saturated heterocycles. The molecule has 0 amide bonds. The van der Waals surface area contributed by atoms with Crippen LogP contribution < -0.4 is 20.5 Å². The molecule has 2 aromatic carbocycles. The molecule has 2 rings (SSSR count). The third-order valence-electron chi connectivity index (χ3n) is 3.15. The van der Waals surface area contributed by atoms with Crippen LogP contribution in [-0.2, 0) is 13.1 Å². The van der Waals surface area contributed by atoms with E-state index in [0.29, 0.717) is 0 Å². The normalized spacial score (nSPS) is 10.3. The molecule has 20 heavy (non-hydrogen) atoms. The lowest BCUT2D eigenvalue weighted by atomic mass is 10.1. The minimum Gasteiger partial charge on any atom is -0.493 e. The van der Waals surface area contributed by atoms with E-state index in [2.05, 4.69) is 5.32 Å². The molecular weight excluding hydrogens is 252 g/mol. The van der Waals surface area contributed by atoms with Crippen molar-refractivity contribution in [3.05, 3.63) is 53.6 Å². The quantitative estimate of drug-likeness (QED) is 0.794. The third-order valence-corrected chi connectivity index (χ3v) is 3.15. The minimum atomic E-state index is 0.737. The molecule has 0 heterocycles. The second-order valence-electron chi connectivity index (χ2n) is 4.49. The van der Waals surface area contributed by atoms with Crippen LogP contribution in [0.2, 0.25) is 0 Å². The van der Waals surface area contributed by atoms with E-state index < -0.39 is 0 Å². The van der Waals surface area contributed by atoms with Gasteiger partial charge in [0.1, 0.15) is 0 Å². The van der Waals surface area contributed by atoms with Crippen molar-refractivity contribution in [1.29, 1.82) is 0 Å². The first kappa shape index (κ1) is 14.2. The van der Waals surface area contributed by atoms with Gasteiger partial charge in [-0.1, -0.05) is 24.3 Å². The van der Waals surface area contributed by atoms with E-state index in [-0.39, 0.29) is 0 Å². The molecule has 106 valence electrons. The van der Waals surface area contributed by atoms with Crippen molar-refractivity contribution in [3.8, 4) is 11.5 Å². The van der Waals surface area contributed by atoms with Crippen molar-refractivity contribution in [1.82, 2.24) is 5.32 Å². The Morgan fingerprint density at radius 1 is 0.950 bits per heavy atom. The summed E-state index contributed by atoms with van der Waals surface area (Å²) in [6.45, 7) is 1.48. The molecule has 4 nitrogen and oxygen atoms in total. The predicted octanol–water partition coefficient (Wildman–Crippen LogP) is 2.58. The summed E-state index contributed by atoms with van der Waals surface area (Å²) in [6, 6.07) is 13.8. The van der Waals surface area contributed by atoms with Crippen molar-refractivity contribution < 1.29 is 9.47 Å². The number of benzene rings is 2. The second kappa shape index (κ2) is 6.82. The van der Waals surface area contributed by atoms with Crippen LogP contribution in [0.5, 0.6) is 11.5 Å². The minimum absolute atomic E-state index is 0.737. The molecule has 0 aliphatic rings. The van der Waals surface area contributed by atoms with E-state index in [1.807, 2.05) is 42.5 Å². The lowest BCUT2D eigenvalue weighted by molar-refractivity contribution is 0.354. The zero-order valence-corrected chi connectivity index (χ0v) is 11.8. The zero-order chi connectivity index (χ0) is 14.4. The van der Waals surface area contributed by atoms with Crippen molar-refractivity contribution in [3.63, 3.8) is 0 Å². The molecule has 0 saturated carbocycles. The van der Waals surface area contributed by atoms with Gasteiger partial charge in [0.05, 0.1) is 14.2 Å². The molecule has 0 aromatic heterocycles. The fraction of sp³-hybridized carbons (Fsp3) is 0.250. The van der Waals surface area contributed by atoms with Crippen LogP contribution >= 0.6 is 0 Å². The number of methoxy groups -OCH3 is 2. The van der Waals surface area contributed by atoms with E-state index in [4.69, 9.17) is 15.2 Å². The van der Waals surface area contributed by atoms with Gasteiger partial charge in [0.2, 0.25) is 0 Å².